The molecule has 1 amide bonds. The molecule has 4 heteroatoms. The van der Waals surface area contributed by atoms with Gasteiger partial charge in [-0.25, -0.2) is 4.79 Å². The van der Waals surface area contributed by atoms with Gasteiger partial charge < -0.3 is 15.1 Å². The predicted octanol–water partition coefficient (Wildman–Crippen LogP) is 2.90. The molecule has 1 fully saturated rings. The average molecular weight is 297 g/mol. The molecule has 2 N–H and O–H groups in total. The molecule has 0 aromatic heterocycles. The van der Waals surface area contributed by atoms with Gasteiger partial charge in [-0.05, 0) is 53.1 Å². The zero-order valence-electron chi connectivity index (χ0n) is 12.4. The van der Waals surface area contributed by atoms with Crippen molar-refractivity contribution in [3.63, 3.8) is 0 Å². The van der Waals surface area contributed by atoms with Gasteiger partial charge in [0.1, 0.15) is 0 Å². The molecule has 2 aromatic carbocycles. The van der Waals surface area contributed by atoms with Crippen molar-refractivity contribution in [2.45, 2.75) is 31.3 Å². The van der Waals surface area contributed by atoms with Gasteiger partial charge in [0.25, 0.3) is 0 Å². The lowest BCUT2D eigenvalue weighted by Crippen LogP contribution is -2.44. The Balaban J connectivity index is 1.78. The summed E-state index contributed by atoms with van der Waals surface area (Å²) in [5, 5.41) is 22.6. The van der Waals surface area contributed by atoms with Crippen LogP contribution < -0.4 is 0 Å². The quantitative estimate of drug-likeness (QED) is 0.851. The third-order valence-electron chi connectivity index (χ3n) is 5.24. The number of aliphatic hydroxyl groups is 1. The van der Waals surface area contributed by atoms with Crippen LogP contribution in [-0.2, 0) is 18.4 Å². The van der Waals surface area contributed by atoms with Crippen molar-refractivity contribution in [1.82, 2.24) is 4.90 Å². The maximum absolute atomic E-state index is 11.1. The molecule has 1 aliphatic heterocycles. The standard InChI is InChI=1S/C18H19NO3/c20-17(21)19-10-8-18(22,9-11-19)15-7-6-13-5-4-12-2-1-3-14(15)16(12)13/h1-3,6-7,22H,4-5,8-11H2,(H,20,21). The zero-order valence-corrected chi connectivity index (χ0v) is 12.4. The highest BCUT2D eigenvalue weighted by molar-refractivity contribution is 5.93. The van der Waals surface area contributed by atoms with Crippen molar-refractivity contribution < 1.29 is 15.0 Å². The van der Waals surface area contributed by atoms with Crippen LogP contribution in [-0.4, -0.2) is 34.3 Å². The van der Waals surface area contributed by atoms with Crippen molar-refractivity contribution in [3.05, 3.63) is 47.0 Å². The van der Waals surface area contributed by atoms with Crippen LogP contribution in [0.2, 0.25) is 0 Å². The van der Waals surface area contributed by atoms with Crippen molar-refractivity contribution in [3.8, 4) is 0 Å². The third-order valence-corrected chi connectivity index (χ3v) is 5.24. The lowest BCUT2D eigenvalue weighted by Gasteiger charge is -2.38. The molecule has 4 rings (SSSR count). The minimum Gasteiger partial charge on any atom is -0.465 e. The smallest absolute Gasteiger partial charge is 0.407 e. The van der Waals surface area contributed by atoms with Gasteiger partial charge in [-0.15, -0.1) is 0 Å². The second kappa shape index (κ2) is 4.71. The first-order chi connectivity index (χ1) is 10.6. The molecule has 2 aromatic rings. The van der Waals surface area contributed by atoms with E-state index in [1.165, 1.54) is 21.4 Å². The van der Waals surface area contributed by atoms with Crippen LogP contribution in [0.5, 0.6) is 0 Å². The summed E-state index contributed by atoms with van der Waals surface area (Å²) in [4.78, 5) is 12.4. The Hall–Kier alpha value is -2.07. The van der Waals surface area contributed by atoms with E-state index in [1.807, 2.05) is 6.07 Å². The minimum atomic E-state index is -0.925. The maximum Gasteiger partial charge on any atom is 0.407 e. The minimum absolute atomic E-state index is 0.384. The molecule has 4 nitrogen and oxygen atoms in total. The van der Waals surface area contributed by atoms with Gasteiger partial charge in [0, 0.05) is 13.1 Å². The van der Waals surface area contributed by atoms with E-state index in [0.29, 0.717) is 25.9 Å². The molecule has 0 bridgehead atoms. The molecular formula is C18H19NO3. The summed E-state index contributed by atoms with van der Waals surface area (Å²) in [5.41, 5.74) is 2.76. The number of carbonyl (C=O) groups is 1. The number of benzene rings is 2. The number of nitrogens with zero attached hydrogens (tertiary/aromatic N) is 1. The fraction of sp³-hybridized carbons (Fsp3) is 0.389. The van der Waals surface area contributed by atoms with Gasteiger partial charge in [0.2, 0.25) is 0 Å². The Morgan fingerprint density at radius 3 is 2.41 bits per heavy atom. The van der Waals surface area contributed by atoms with E-state index < -0.39 is 11.7 Å². The normalized spacial score (nSPS) is 19.6. The molecule has 114 valence electrons. The van der Waals surface area contributed by atoms with E-state index in [4.69, 9.17) is 5.11 Å². The van der Waals surface area contributed by atoms with Gasteiger partial charge >= 0.3 is 6.09 Å². The first kappa shape index (κ1) is 13.6. The first-order valence-corrected chi connectivity index (χ1v) is 7.83. The van der Waals surface area contributed by atoms with Crippen LogP contribution in [0.3, 0.4) is 0 Å². The molecule has 0 unspecified atom stereocenters. The van der Waals surface area contributed by atoms with Crippen molar-refractivity contribution in [2.24, 2.45) is 0 Å². The summed E-state index contributed by atoms with van der Waals surface area (Å²) in [5.74, 6) is 0. The lowest BCUT2D eigenvalue weighted by molar-refractivity contribution is -0.0201. The van der Waals surface area contributed by atoms with Crippen LogP contribution in [0.15, 0.2) is 30.3 Å². The predicted molar refractivity (Wildman–Crippen MR) is 84.1 cm³/mol. The summed E-state index contributed by atoms with van der Waals surface area (Å²) >= 11 is 0. The molecule has 1 heterocycles. The van der Waals surface area contributed by atoms with E-state index in [-0.39, 0.29) is 0 Å². The Kier molecular flexibility index (Phi) is 2.91. The first-order valence-electron chi connectivity index (χ1n) is 7.83. The second-order valence-electron chi connectivity index (χ2n) is 6.41. The van der Waals surface area contributed by atoms with Crippen molar-refractivity contribution in [2.75, 3.05) is 13.1 Å². The molecular weight excluding hydrogens is 278 g/mol. The fourth-order valence-electron chi connectivity index (χ4n) is 3.99. The number of aryl methyl sites for hydroxylation is 2. The molecule has 22 heavy (non-hydrogen) atoms. The Labute approximate surface area is 129 Å². The summed E-state index contributed by atoms with van der Waals surface area (Å²) in [6.45, 7) is 0.767. The molecule has 0 atom stereocenters. The van der Waals surface area contributed by atoms with E-state index >= 15 is 0 Å². The molecule has 0 saturated carbocycles. The monoisotopic (exact) mass is 297 g/mol. The van der Waals surface area contributed by atoms with Crippen LogP contribution in [0.4, 0.5) is 4.79 Å². The molecule has 0 spiro atoms. The second-order valence-corrected chi connectivity index (χ2v) is 6.41. The highest BCUT2D eigenvalue weighted by atomic mass is 16.4. The highest BCUT2D eigenvalue weighted by Gasteiger charge is 2.37. The van der Waals surface area contributed by atoms with Gasteiger partial charge in [0.15, 0.2) is 0 Å². The van der Waals surface area contributed by atoms with Crippen LogP contribution >= 0.6 is 0 Å². The van der Waals surface area contributed by atoms with Crippen LogP contribution in [0.1, 0.15) is 29.5 Å². The molecule has 2 aliphatic rings. The average Bonchev–Trinajstić information content (AvgIpc) is 2.93. The summed E-state index contributed by atoms with van der Waals surface area (Å²) in [7, 11) is 0. The lowest BCUT2D eigenvalue weighted by atomic mass is 9.81. The largest absolute Gasteiger partial charge is 0.465 e. The number of carboxylic acid groups (broad SMARTS) is 1. The fourth-order valence-corrected chi connectivity index (χ4v) is 3.99. The van der Waals surface area contributed by atoms with Crippen molar-refractivity contribution in [1.29, 1.82) is 0 Å². The number of piperidine rings is 1. The molecule has 1 saturated heterocycles. The van der Waals surface area contributed by atoms with Gasteiger partial charge in [-0.1, -0.05) is 30.3 Å². The zero-order chi connectivity index (χ0) is 15.3. The Bertz CT molecular complexity index is 750. The van der Waals surface area contributed by atoms with Crippen LogP contribution in [0.25, 0.3) is 10.8 Å². The van der Waals surface area contributed by atoms with Gasteiger partial charge in [0.05, 0.1) is 5.60 Å². The highest BCUT2D eigenvalue weighted by Crippen LogP contribution is 2.40. The van der Waals surface area contributed by atoms with Gasteiger partial charge in [-0.2, -0.15) is 0 Å². The summed E-state index contributed by atoms with van der Waals surface area (Å²) in [6.07, 6.45) is 2.15. The van der Waals surface area contributed by atoms with E-state index in [1.54, 1.807) is 0 Å². The van der Waals surface area contributed by atoms with Crippen molar-refractivity contribution >= 4 is 16.9 Å². The number of hydrogen-bond donors (Lipinski definition) is 2. The number of rotatable bonds is 1. The molecule has 0 radical (unpaired) electrons. The maximum atomic E-state index is 11.1. The summed E-state index contributed by atoms with van der Waals surface area (Å²) < 4.78 is 0. The number of hydrogen-bond acceptors (Lipinski definition) is 2. The van der Waals surface area contributed by atoms with E-state index in [2.05, 4.69) is 24.3 Å². The third kappa shape index (κ3) is 1.91. The van der Waals surface area contributed by atoms with Gasteiger partial charge in [-0.3, -0.25) is 0 Å². The molecule has 1 aliphatic carbocycles. The summed E-state index contributed by atoms with van der Waals surface area (Å²) in [6, 6.07) is 10.5. The Morgan fingerprint density at radius 2 is 1.73 bits per heavy atom. The number of likely N-dealkylation sites (tertiary alicyclic amines) is 1. The Morgan fingerprint density at radius 1 is 1.05 bits per heavy atom. The van der Waals surface area contributed by atoms with Crippen LogP contribution in [0, 0.1) is 0 Å². The SMILES string of the molecule is O=C(O)N1CCC(O)(c2ccc3c4c(cccc24)CC3)CC1. The topological polar surface area (TPSA) is 60.8 Å². The number of amides is 1. The van der Waals surface area contributed by atoms with E-state index in [9.17, 15) is 9.90 Å². The van der Waals surface area contributed by atoms with E-state index in [0.717, 1.165) is 23.8 Å².